The number of aromatic amines is 1. The number of anilines is 1. The summed E-state index contributed by atoms with van der Waals surface area (Å²) < 4.78 is 21.2. The van der Waals surface area contributed by atoms with Crippen LogP contribution in [0.4, 0.5) is 5.69 Å². The van der Waals surface area contributed by atoms with Gasteiger partial charge in [0, 0.05) is 48.3 Å². The van der Waals surface area contributed by atoms with E-state index in [0.29, 0.717) is 57.5 Å². The molecule has 22 nitrogen and oxygen atoms in total. The lowest BCUT2D eigenvalue weighted by Gasteiger charge is -2.30. The molecular weight excluding hydrogens is 1090 g/mol. The van der Waals surface area contributed by atoms with E-state index < -0.39 is 78.8 Å². The summed E-state index contributed by atoms with van der Waals surface area (Å²) in [6, 6.07) is 28.0. The molecule has 5 aromatic carbocycles. The number of amides is 7. The van der Waals surface area contributed by atoms with Gasteiger partial charge in [-0.15, -0.1) is 0 Å². The Bertz CT molecular complexity index is 3790. The molecule has 23 heteroatoms. The molecule has 5 heterocycles. The molecule has 1 unspecified atom stereocenters. The second-order valence-electron chi connectivity index (χ2n) is 21.2. The van der Waals surface area contributed by atoms with Gasteiger partial charge in [-0.3, -0.25) is 62.3 Å². The fourth-order valence-electron chi connectivity index (χ4n) is 11.4. The number of carbonyl (C=O) groups is 8. The highest BCUT2D eigenvalue weighted by molar-refractivity contribution is 7.70. The van der Waals surface area contributed by atoms with Crippen LogP contribution in [-0.2, 0) is 59.6 Å². The number of carbonyl (C=O) groups excluding carboxylic acids is 8. The molecule has 0 spiro atoms. The van der Waals surface area contributed by atoms with E-state index in [2.05, 4.69) is 26.3 Å². The minimum atomic E-state index is -5.10. The fraction of sp³-hybridized carbons (Fsp3) is 0.317. The highest BCUT2D eigenvalue weighted by Gasteiger charge is 2.46. The molecule has 0 radical (unpaired) electrons. The SMILES string of the molecule is Cn1c(=O)n(C2CCC(=O)NC2=O)c2ccc(CCCCCCOc3ccc4c5c3CC[C@H](NC(=O)c3cc6cc(C(=O)P(=O)(O)O)ccc6[nH]3)C(=O)N5[C@H](C(=O)N[C@@H](CCC(N)=O)C(=O)NC(c3ccccc3)c3ccccc3)C4)cc21. The lowest BCUT2D eigenvalue weighted by atomic mass is 9.97. The van der Waals surface area contributed by atoms with Crippen molar-refractivity contribution < 1.29 is 57.4 Å². The minimum absolute atomic E-state index is 0.0156. The van der Waals surface area contributed by atoms with Gasteiger partial charge in [-0.2, -0.15) is 0 Å². The van der Waals surface area contributed by atoms with Crippen LogP contribution in [0, 0.1) is 0 Å². The van der Waals surface area contributed by atoms with Crippen molar-refractivity contribution in [1.29, 1.82) is 0 Å². The number of hydrogen-bond donors (Lipinski definition) is 8. The number of fused-ring (bicyclic) bond motifs is 2. The summed E-state index contributed by atoms with van der Waals surface area (Å²) in [6.45, 7) is 0.317. The molecule has 4 atom stereocenters. The predicted molar refractivity (Wildman–Crippen MR) is 305 cm³/mol. The zero-order valence-electron chi connectivity index (χ0n) is 45.3. The van der Waals surface area contributed by atoms with Gasteiger partial charge in [0.25, 0.3) is 11.4 Å². The van der Waals surface area contributed by atoms with Crippen molar-refractivity contribution in [3.05, 3.63) is 165 Å². The van der Waals surface area contributed by atoms with Gasteiger partial charge in [-0.05, 0) is 110 Å². The van der Waals surface area contributed by atoms with Gasteiger partial charge >= 0.3 is 13.3 Å². The molecule has 9 N–H and O–H groups in total. The summed E-state index contributed by atoms with van der Waals surface area (Å²) in [6.07, 6.45) is 4.27. The highest BCUT2D eigenvalue weighted by atomic mass is 31.2. The maximum atomic E-state index is 15.1. The number of hydrogen-bond acceptors (Lipinski definition) is 11. The first-order valence-electron chi connectivity index (χ1n) is 27.5. The second-order valence-corrected chi connectivity index (χ2v) is 22.7. The van der Waals surface area contributed by atoms with Gasteiger partial charge in [-0.25, -0.2) is 4.79 Å². The van der Waals surface area contributed by atoms with Gasteiger partial charge < -0.3 is 41.2 Å². The molecule has 0 saturated carbocycles. The second kappa shape index (κ2) is 24.2. The Kier molecular flexibility index (Phi) is 16.7. The first-order chi connectivity index (χ1) is 39.8. The van der Waals surface area contributed by atoms with E-state index in [4.69, 9.17) is 10.5 Å². The van der Waals surface area contributed by atoms with E-state index in [1.54, 1.807) is 19.2 Å². The normalized spacial score (nSPS) is 17.2. The molecule has 10 rings (SSSR count). The van der Waals surface area contributed by atoms with Gasteiger partial charge in [0.15, 0.2) is 0 Å². The summed E-state index contributed by atoms with van der Waals surface area (Å²) in [5.74, 6) is -3.67. The van der Waals surface area contributed by atoms with Crippen molar-refractivity contribution in [1.82, 2.24) is 35.4 Å². The van der Waals surface area contributed by atoms with Crippen LogP contribution in [-0.4, -0.2) is 95.5 Å². The zero-order valence-corrected chi connectivity index (χ0v) is 46.2. The number of aromatic nitrogens is 3. The smallest absolute Gasteiger partial charge is 0.396 e. The summed E-state index contributed by atoms with van der Waals surface area (Å²) in [4.78, 5) is 144. The van der Waals surface area contributed by atoms with E-state index in [1.165, 1.54) is 38.3 Å². The molecule has 3 aliphatic heterocycles. The number of H-pyrrole nitrogens is 1. The lowest BCUT2D eigenvalue weighted by Crippen LogP contribution is -2.57. The summed E-state index contributed by atoms with van der Waals surface area (Å²) in [7, 11) is -3.44. The topological polar surface area (TPSA) is 323 Å². The Morgan fingerprint density at radius 3 is 2.23 bits per heavy atom. The van der Waals surface area contributed by atoms with Crippen molar-refractivity contribution in [2.24, 2.45) is 12.8 Å². The maximum Gasteiger partial charge on any atom is 0.396 e. The average Bonchev–Trinajstić information content (AvgIpc) is 4.30. The first kappa shape index (κ1) is 57.3. The summed E-state index contributed by atoms with van der Waals surface area (Å²) in [5, 5.41) is 11.4. The van der Waals surface area contributed by atoms with E-state index in [9.17, 15) is 52.7 Å². The predicted octanol–water partition coefficient (Wildman–Crippen LogP) is 4.96. The largest absolute Gasteiger partial charge is 0.493 e. The van der Waals surface area contributed by atoms with Crippen molar-refractivity contribution in [3.8, 4) is 5.75 Å². The Labute approximate surface area is 475 Å². The van der Waals surface area contributed by atoms with Crippen LogP contribution < -0.4 is 42.3 Å². The van der Waals surface area contributed by atoms with Crippen LogP contribution in [0.2, 0.25) is 0 Å². The monoisotopic (exact) mass is 1150 g/mol. The van der Waals surface area contributed by atoms with Crippen molar-refractivity contribution in [3.63, 3.8) is 0 Å². The van der Waals surface area contributed by atoms with Crippen molar-refractivity contribution >= 4 is 82.1 Å². The Balaban J connectivity index is 0.854. The molecule has 2 aromatic heterocycles. The van der Waals surface area contributed by atoms with Crippen LogP contribution in [0.3, 0.4) is 0 Å². The van der Waals surface area contributed by atoms with E-state index >= 15 is 4.79 Å². The number of nitrogens with zero attached hydrogens (tertiary/aromatic N) is 3. The van der Waals surface area contributed by atoms with E-state index in [-0.39, 0.29) is 67.8 Å². The molecule has 430 valence electrons. The molecule has 1 saturated heterocycles. The third kappa shape index (κ3) is 12.3. The molecule has 7 aromatic rings. The maximum absolute atomic E-state index is 15.1. The van der Waals surface area contributed by atoms with Crippen LogP contribution in [0.25, 0.3) is 21.9 Å². The van der Waals surface area contributed by atoms with Crippen LogP contribution in [0.15, 0.2) is 120 Å². The third-order valence-electron chi connectivity index (χ3n) is 15.7. The number of aryl methyl sites for hydroxylation is 2. The van der Waals surface area contributed by atoms with Gasteiger partial charge in [-0.1, -0.05) is 85.6 Å². The number of unbranched alkanes of at least 4 members (excludes halogenated alkanes) is 3. The molecule has 0 bridgehead atoms. The van der Waals surface area contributed by atoms with E-state index in [0.717, 1.165) is 42.4 Å². The van der Waals surface area contributed by atoms with Crippen molar-refractivity contribution in [2.75, 3.05) is 11.5 Å². The lowest BCUT2D eigenvalue weighted by molar-refractivity contribution is -0.136. The fourth-order valence-corrected chi connectivity index (χ4v) is 11.9. The standard InChI is InChI=1S/C60H62N9O13P/c1-67-47-30-34(17-24-45(47)68(60(67)78)46-25-28-51(71)65-56(46)74)12-6-2-3-11-29-82-49-26-19-37-33-48(57(75)63-42(23-27-50(61)70)54(72)66-52(35-13-7-4-8-14-35)36-15-9-5-10-16-36)69-53(37)40(49)20-22-43(58(69)76)64-55(73)44-32-39-31-38(18-21-41(39)62-44)59(77)83(79,80)81/h4-5,7-10,13-19,21,24,26,30-32,42-43,46,48,52,62H,2-3,6,11-12,20,22-23,25,27-29,33H2,1H3,(H2,61,70)(H,63,75)(H,64,73)(H,66,72)(H,65,71,74)(H2,79,80,81)/t42-,43-,46?,48-/m0/s1. The Hall–Kier alpha value is -8.98. The number of nitrogens with two attached hydrogens (primary N) is 1. The zero-order chi connectivity index (χ0) is 58.7. The Morgan fingerprint density at radius 2 is 1.53 bits per heavy atom. The third-order valence-corrected chi connectivity index (χ3v) is 16.4. The molecule has 83 heavy (non-hydrogen) atoms. The van der Waals surface area contributed by atoms with Crippen LogP contribution >= 0.6 is 7.60 Å². The summed E-state index contributed by atoms with van der Waals surface area (Å²) >= 11 is 0. The number of imidazole rings is 1. The van der Waals surface area contributed by atoms with E-state index in [1.807, 2.05) is 78.9 Å². The molecule has 1 fully saturated rings. The number of nitrogens with one attached hydrogen (secondary N) is 5. The van der Waals surface area contributed by atoms with Gasteiger partial charge in [0.2, 0.25) is 35.4 Å². The quantitative estimate of drug-likeness (QED) is 0.0253. The number of rotatable bonds is 22. The molecule has 0 aliphatic carbocycles. The van der Waals surface area contributed by atoms with Gasteiger partial charge in [0.05, 0.1) is 29.4 Å². The number of imide groups is 1. The molecule has 7 amide bonds. The molecular formula is C60H62N9O13P. The molecule has 3 aliphatic rings. The van der Waals surface area contributed by atoms with Gasteiger partial charge in [0.1, 0.15) is 35.6 Å². The Morgan fingerprint density at radius 1 is 0.807 bits per heavy atom. The minimum Gasteiger partial charge on any atom is -0.493 e. The summed E-state index contributed by atoms with van der Waals surface area (Å²) in [5.41, 5.74) is 9.59. The first-order valence-corrected chi connectivity index (χ1v) is 29.1. The number of primary amides is 1. The number of benzene rings is 5. The number of piperidine rings is 1. The average molecular weight is 1150 g/mol. The number of ether oxygens (including phenoxy) is 1. The van der Waals surface area contributed by atoms with Crippen LogP contribution in [0.1, 0.15) is 119 Å². The van der Waals surface area contributed by atoms with Crippen molar-refractivity contribution in [2.45, 2.75) is 107 Å². The highest BCUT2D eigenvalue weighted by Crippen LogP contribution is 2.44. The van der Waals surface area contributed by atoms with Crippen LogP contribution in [0.5, 0.6) is 5.75 Å².